The van der Waals surface area contributed by atoms with E-state index < -0.39 is 30.1 Å². The molecule has 0 saturated heterocycles. The van der Waals surface area contributed by atoms with Crippen molar-refractivity contribution in [3.63, 3.8) is 0 Å². The molecule has 39 heavy (non-hydrogen) atoms. The van der Waals surface area contributed by atoms with Gasteiger partial charge >= 0.3 is 18.1 Å². The molecular formula is C28H25F3N2O6. The van der Waals surface area contributed by atoms with Crippen molar-refractivity contribution < 1.29 is 42.1 Å². The third-order valence-electron chi connectivity index (χ3n) is 5.59. The van der Waals surface area contributed by atoms with Gasteiger partial charge in [0.1, 0.15) is 11.5 Å². The highest BCUT2D eigenvalue weighted by molar-refractivity contribution is 6.07. The molecule has 0 amide bonds. The Kier molecular flexibility index (Phi) is 7.80. The van der Waals surface area contributed by atoms with Crippen LogP contribution >= 0.6 is 0 Å². The Hall–Kier alpha value is -4.54. The highest BCUT2D eigenvalue weighted by atomic mass is 19.4. The lowest BCUT2D eigenvalue weighted by Crippen LogP contribution is -2.13. The van der Waals surface area contributed by atoms with Crippen molar-refractivity contribution in [1.82, 2.24) is 9.55 Å². The lowest BCUT2D eigenvalue weighted by molar-refractivity contribution is -0.138. The summed E-state index contributed by atoms with van der Waals surface area (Å²) in [6.07, 6.45) is -4.41. The van der Waals surface area contributed by atoms with Crippen molar-refractivity contribution in [1.29, 1.82) is 0 Å². The van der Waals surface area contributed by atoms with Crippen LogP contribution in [0.25, 0.3) is 16.6 Å². The monoisotopic (exact) mass is 542 g/mol. The third kappa shape index (κ3) is 6.14. The molecule has 0 fully saturated rings. The molecule has 2 aromatic heterocycles. The van der Waals surface area contributed by atoms with E-state index in [1.54, 1.807) is 47.9 Å². The number of nitrogens with zero attached hydrogens (tertiary/aromatic N) is 2. The molecule has 11 heteroatoms. The summed E-state index contributed by atoms with van der Waals surface area (Å²) in [4.78, 5) is 28.6. The van der Waals surface area contributed by atoms with Gasteiger partial charge in [0.25, 0.3) is 0 Å². The number of fused-ring (bicyclic) bond motifs is 1. The number of halogens is 3. The first-order chi connectivity index (χ1) is 18.5. The Labute approximate surface area is 221 Å². The van der Waals surface area contributed by atoms with Gasteiger partial charge in [0.15, 0.2) is 0 Å². The lowest BCUT2D eigenvalue weighted by Gasteiger charge is -2.13. The van der Waals surface area contributed by atoms with Crippen LogP contribution in [0.3, 0.4) is 0 Å². The Bertz CT molecular complexity index is 1490. The van der Waals surface area contributed by atoms with E-state index in [4.69, 9.17) is 14.2 Å². The molecule has 0 atom stereocenters. The predicted molar refractivity (Wildman–Crippen MR) is 136 cm³/mol. The van der Waals surface area contributed by atoms with E-state index in [2.05, 4.69) is 4.98 Å². The third-order valence-corrected chi connectivity index (χ3v) is 5.59. The van der Waals surface area contributed by atoms with E-state index in [0.717, 1.165) is 12.1 Å². The van der Waals surface area contributed by atoms with Crippen LogP contribution in [0.1, 0.15) is 42.4 Å². The van der Waals surface area contributed by atoms with Gasteiger partial charge in [-0.2, -0.15) is 13.2 Å². The molecule has 4 rings (SSSR count). The maximum atomic E-state index is 13.1. The Morgan fingerprint density at radius 3 is 2.28 bits per heavy atom. The number of esters is 1. The molecule has 0 bridgehead atoms. The largest absolute Gasteiger partial charge is 0.491 e. The molecule has 0 unspecified atom stereocenters. The van der Waals surface area contributed by atoms with Crippen LogP contribution in [0, 0.1) is 0 Å². The predicted octanol–water partition coefficient (Wildman–Crippen LogP) is 6.43. The van der Waals surface area contributed by atoms with Crippen molar-refractivity contribution in [3.8, 4) is 23.1 Å². The summed E-state index contributed by atoms with van der Waals surface area (Å²) in [5, 5.41) is 10.0. The average molecular weight is 543 g/mol. The Morgan fingerprint density at radius 1 is 1.03 bits per heavy atom. The summed E-state index contributed by atoms with van der Waals surface area (Å²) in [6, 6.07) is 13.6. The van der Waals surface area contributed by atoms with Gasteiger partial charge < -0.3 is 23.9 Å². The summed E-state index contributed by atoms with van der Waals surface area (Å²) in [6.45, 7) is 5.48. The van der Waals surface area contributed by atoms with E-state index in [1.165, 1.54) is 6.07 Å². The fraction of sp³-hybridized carbons (Fsp3) is 0.250. The molecule has 0 aliphatic carbocycles. The minimum Gasteiger partial charge on any atom is -0.491 e. The molecule has 2 heterocycles. The molecule has 0 saturated carbocycles. The zero-order chi connectivity index (χ0) is 28.3. The summed E-state index contributed by atoms with van der Waals surface area (Å²) in [7, 11) is 0. The van der Waals surface area contributed by atoms with Crippen LogP contribution < -0.4 is 9.47 Å². The van der Waals surface area contributed by atoms with E-state index in [0.29, 0.717) is 28.5 Å². The number of carboxylic acid groups (broad SMARTS) is 1. The number of alkyl halides is 3. The van der Waals surface area contributed by atoms with E-state index in [1.807, 2.05) is 13.8 Å². The van der Waals surface area contributed by atoms with E-state index >= 15 is 0 Å². The van der Waals surface area contributed by atoms with Gasteiger partial charge in [0.05, 0.1) is 35.8 Å². The van der Waals surface area contributed by atoms with Gasteiger partial charge in [-0.3, -0.25) is 4.79 Å². The van der Waals surface area contributed by atoms with Gasteiger partial charge in [-0.15, -0.1) is 0 Å². The second-order valence-electron chi connectivity index (χ2n) is 8.77. The van der Waals surface area contributed by atoms with Crippen molar-refractivity contribution in [3.05, 3.63) is 77.6 Å². The molecule has 8 nitrogen and oxygen atoms in total. The summed E-state index contributed by atoms with van der Waals surface area (Å²) in [5.41, 5.74) is 0.400. The van der Waals surface area contributed by atoms with Gasteiger partial charge in [-0.05, 0) is 69.3 Å². The van der Waals surface area contributed by atoms with Crippen molar-refractivity contribution in [2.24, 2.45) is 0 Å². The van der Waals surface area contributed by atoms with Crippen LogP contribution in [0.15, 0.2) is 60.8 Å². The molecule has 0 radical (unpaired) electrons. The minimum atomic E-state index is -4.54. The molecule has 0 spiro atoms. The second kappa shape index (κ2) is 11.1. The van der Waals surface area contributed by atoms with Crippen LogP contribution in [-0.2, 0) is 22.1 Å². The summed E-state index contributed by atoms with van der Waals surface area (Å²) in [5.74, 6) is -1.17. The summed E-state index contributed by atoms with van der Waals surface area (Å²) >= 11 is 0. The number of pyridine rings is 1. The van der Waals surface area contributed by atoms with Crippen LogP contribution in [0.4, 0.5) is 13.2 Å². The molecule has 1 N–H and O–H groups in total. The number of aromatic nitrogens is 2. The molecular weight excluding hydrogens is 517 g/mol. The summed E-state index contributed by atoms with van der Waals surface area (Å²) < 4.78 is 56.9. The zero-order valence-electron chi connectivity index (χ0n) is 21.3. The first-order valence-corrected chi connectivity index (χ1v) is 12.0. The fourth-order valence-corrected chi connectivity index (χ4v) is 4.10. The maximum absolute atomic E-state index is 13.1. The molecule has 204 valence electrons. The SMILES string of the molecule is CCOC(=O)c1c(CC(=O)O)n(-c2ccc(OC(C)C)cc2)c2ccc(Oc3ccc(C(F)(F)F)cn3)cc12. The second-order valence-corrected chi connectivity index (χ2v) is 8.77. The van der Waals surface area contributed by atoms with Gasteiger partial charge in [0, 0.05) is 29.0 Å². The number of carbonyl (C=O) groups is 2. The molecule has 4 aromatic rings. The molecule has 2 aromatic carbocycles. The number of carbonyl (C=O) groups excluding carboxylic acids is 1. The lowest BCUT2D eigenvalue weighted by atomic mass is 10.1. The van der Waals surface area contributed by atoms with Gasteiger partial charge in [0.2, 0.25) is 5.88 Å². The highest BCUT2D eigenvalue weighted by Crippen LogP contribution is 2.35. The maximum Gasteiger partial charge on any atom is 0.417 e. The van der Waals surface area contributed by atoms with Gasteiger partial charge in [-0.25, -0.2) is 9.78 Å². The van der Waals surface area contributed by atoms with E-state index in [-0.39, 0.29) is 35.6 Å². The standard InChI is InChI=1S/C28H25F3N2O6/c1-4-37-27(36)26-21-13-20(39-24-12-5-17(15-32-24)28(29,30)31)10-11-22(21)33(23(26)14-25(34)35)18-6-8-19(9-7-18)38-16(2)3/h5-13,15-16H,4,14H2,1-3H3,(H,34,35). The topological polar surface area (TPSA) is 99.9 Å². The van der Waals surface area contributed by atoms with Gasteiger partial charge in [-0.1, -0.05) is 0 Å². The smallest absolute Gasteiger partial charge is 0.417 e. The number of ether oxygens (including phenoxy) is 3. The average Bonchev–Trinajstić information content (AvgIpc) is 3.16. The van der Waals surface area contributed by atoms with Crippen LogP contribution in [-0.4, -0.2) is 39.3 Å². The molecule has 0 aliphatic rings. The fourth-order valence-electron chi connectivity index (χ4n) is 4.10. The highest BCUT2D eigenvalue weighted by Gasteiger charge is 2.31. The van der Waals surface area contributed by atoms with Crippen molar-refractivity contribution in [2.75, 3.05) is 6.61 Å². The quantitative estimate of drug-likeness (QED) is 0.243. The number of benzene rings is 2. The zero-order valence-corrected chi connectivity index (χ0v) is 21.3. The Morgan fingerprint density at radius 2 is 1.72 bits per heavy atom. The number of hydrogen-bond acceptors (Lipinski definition) is 6. The number of hydrogen-bond donors (Lipinski definition) is 1. The number of carboxylic acids is 1. The number of rotatable bonds is 9. The first-order valence-electron chi connectivity index (χ1n) is 12.0. The number of aliphatic carboxylic acids is 1. The van der Waals surface area contributed by atoms with Crippen LogP contribution in [0.2, 0.25) is 0 Å². The minimum absolute atomic E-state index is 0.0428. The van der Waals surface area contributed by atoms with Crippen LogP contribution in [0.5, 0.6) is 17.4 Å². The normalized spacial score (nSPS) is 11.6. The molecule has 0 aliphatic heterocycles. The Balaban J connectivity index is 1.85. The van der Waals surface area contributed by atoms with Crippen molar-refractivity contribution in [2.45, 2.75) is 39.5 Å². The first kappa shape index (κ1) is 27.5. The van der Waals surface area contributed by atoms with E-state index in [9.17, 15) is 27.9 Å². The van der Waals surface area contributed by atoms with Crippen molar-refractivity contribution >= 4 is 22.8 Å².